The molecule has 1 aromatic carbocycles. The predicted octanol–water partition coefficient (Wildman–Crippen LogP) is 2.63. The Bertz CT molecular complexity index is 502. The highest BCUT2D eigenvalue weighted by molar-refractivity contribution is 6.03. The topological polar surface area (TPSA) is 49.4 Å². The Morgan fingerprint density at radius 1 is 1.33 bits per heavy atom. The van der Waals surface area contributed by atoms with Crippen LogP contribution in [0, 0.1) is 5.82 Å². The second kappa shape index (κ2) is 7.20. The molecule has 0 aromatic heterocycles. The van der Waals surface area contributed by atoms with Crippen molar-refractivity contribution in [3.05, 3.63) is 30.1 Å². The summed E-state index contributed by atoms with van der Waals surface area (Å²) in [5, 5.41) is 2.88. The molecule has 2 rings (SSSR count). The van der Waals surface area contributed by atoms with Crippen LogP contribution in [0.3, 0.4) is 0 Å². The van der Waals surface area contributed by atoms with Crippen LogP contribution in [0.5, 0.6) is 0 Å². The van der Waals surface area contributed by atoms with Crippen LogP contribution in [0.2, 0.25) is 0 Å². The van der Waals surface area contributed by atoms with Crippen LogP contribution in [0.4, 0.5) is 10.1 Å². The van der Waals surface area contributed by atoms with E-state index in [4.69, 9.17) is 0 Å². The molecule has 0 spiro atoms. The lowest BCUT2D eigenvalue weighted by atomic mass is 10.2. The summed E-state index contributed by atoms with van der Waals surface area (Å²) in [6.07, 6.45) is 3.98. The van der Waals surface area contributed by atoms with Gasteiger partial charge in [0.1, 0.15) is 11.9 Å². The van der Waals surface area contributed by atoms with E-state index in [-0.39, 0.29) is 17.6 Å². The van der Waals surface area contributed by atoms with Gasteiger partial charge in [0, 0.05) is 18.7 Å². The smallest absolute Gasteiger partial charge is 0.243 e. The minimum atomic E-state index is -0.482. The Labute approximate surface area is 124 Å². The van der Waals surface area contributed by atoms with E-state index in [2.05, 4.69) is 12.2 Å². The molecule has 1 N–H and O–H groups in total. The average Bonchev–Trinajstić information content (AvgIpc) is 2.86. The van der Waals surface area contributed by atoms with E-state index in [1.807, 2.05) is 0 Å². The van der Waals surface area contributed by atoms with Crippen molar-refractivity contribution < 1.29 is 14.0 Å². The zero-order valence-corrected chi connectivity index (χ0v) is 12.3. The van der Waals surface area contributed by atoms with E-state index in [0.717, 1.165) is 19.3 Å². The van der Waals surface area contributed by atoms with Gasteiger partial charge in [-0.25, -0.2) is 4.39 Å². The zero-order chi connectivity index (χ0) is 15.2. The number of nitrogens with zero attached hydrogens (tertiary/aromatic N) is 1. The molecule has 1 aliphatic rings. The minimum absolute atomic E-state index is 0.0877. The molecule has 1 heterocycles. The van der Waals surface area contributed by atoms with Gasteiger partial charge in [0.2, 0.25) is 11.8 Å². The normalized spacial score (nSPS) is 18.1. The molecule has 114 valence electrons. The molecule has 0 bridgehead atoms. The van der Waals surface area contributed by atoms with Gasteiger partial charge < -0.3 is 5.32 Å². The number of unbranched alkanes of at least 4 members (excludes halogenated alkanes) is 2. The Hall–Kier alpha value is -1.91. The SMILES string of the molecule is CCCCCNC(=O)C1CCC(=O)N1c1ccc(F)cc1. The second-order valence-corrected chi connectivity index (χ2v) is 5.29. The fourth-order valence-corrected chi connectivity index (χ4v) is 2.56. The average molecular weight is 292 g/mol. The van der Waals surface area contributed by atoms with Crippen LogP contribution in [0.1, 0.15) is 39.0 Å². The van der Waals surface area contributed by atoms with Crippen molar-refractivity contribution in [1.29, 1.82) is 0 Å². The third-order valence-corrected chi connectivity index (χ3v) is 3.70. The van der Waals surface area contributed by atoms with Crippen molar-refractivity contribution in [2.24, 2.45) is 0 Å². The highest BCUT2D eigenvalue weighted by atomic mass is 19.1. The first-order valence-corrected chi connectivity index (χ1v) is 7.49. The molecular formula is C16H21FN2O2. The van der Waals surface area contributed by atoms with Crippen molar-refractivity contribution in [3.63, 3.8) is 0 Å². The van der Waals surface area contributed by atoms with Crippen molar-refractivity contribution in [2.45, 2.75) is 45.1 Å². The number of anilines is 1. The summed E-state index contributed by atoms with van der Waals surface area (Å²) in [6.45, 7) is 2.74. The maximum atomic E-state index is 13.0. The van der Waals surface area contributed by atoms with Gasteiger partial charge in [-0.15, -0.1) is 0 Å². The van der Waals surface area contributed by atoms with Gasteiger partial charge in [-0.05, 0) is 37.1 Å². The summed E-state index contributed by atoms with van der Waals surface area (Å²) in [5.74, 6) is -0.567. The first-order chi connectivity index (χ1) is 10.1. The zero-order valence-electron chi connectivity index (χ0n) is 12.3. The number of hydrogen-bond acceptors (Lipinski definition) is 2. The Morgan fingerprint density at radius 3 is 2.71 bits per heavy atom. The van der Waals surface area contributed by atoms with E-state index in [1.54, 1.807) is 0 Å². The number of halogens is 1. The number of carbonyl (C=O) groups excluding carboxylic acids is 2. The van der Waals surface area contributed by atoms with Gasteiger partial charge >= 0.3 is 0 Å². The van der Waals surface area contributed by atoms with Gasteiger partial charge in [0.25, 0.3) is 0 Å². The molecule has 4 nitrogen and oxygen atoms in total. The Balaban J connectivity index is 2.02. The van der Waals surface area contributed by atoms with E-state index in [0.29, 0.717) is 25.1 Å². The monoisotopic (exact) mass is 292 g/mol. The fourth-order valence-electron chi connectivity index (χ4n) is 2.56. The molecule has 1 fully saturated rings. The van der Waals surface area contributed by atoms with E-state index in [9.17, 15) is 14.0 Å². The molecule has 2 amide bonds. The lowest BCUT2D eigenvalue weighted by Crippen LogP contribution is -2.45. The third-order valence-electron chi connectivity index (χ3n) is 3.70. The van der Waals surface area contributed by atoms with Gasteiger partial charge in [0.15, 0.2) is 0 Å². The maximum Gasteiger partial charge on any atom is 0.243 e. The Kier molecular flexibility index (Phi) is 5.31. The van der Waals surface area contributed by atoms with Crippen LogP contribution in [0.15, 0.2) is 24.3 Å². The highest BCUT2D eigenvalue weighted by Gasteiger charge is 2.36. The molecule has 1 atom stereocenters. The highest BCUT2D eigenvalue weighted by Crippen LogP contribution is 2.26. The van der Waals surface area contributed by atoms with Crippen molar-refractivity contribution in [1.82, 2.24) is 5.32 Å². The van der Waals surface area contributed by atoms with Crippen LogP contribution in [-0.4, -0.2) is 24.4 Å². The minimum Gasteiger partial charge on any atom is -0.354 e. The molecule has 5 heteroatoms. The molecule has 0 saturated carbocycles. The number of hydrogen-bond donors (Lipinski definition) is 1. The first-order valence-electron chi connectivity index (χ1n) is 7.49. The van der Waals surface area contributed by atoms with Crippen LogP contribution >= 0.6 is 0 Å². The van der Waals surface area contributed by atoms with Crippen molar-refractivity contribution >= 4 is 17.5 Å². The molecule has 1 aliphatic heterocycles. The van der Waals surface area contributed by atoms with E-state index < -0.39 is 6.04 Å². The lowest BCUT2D eigenvalue weighted by Gasteiger charge is -2.24. The second-order valence-electron chi connectivity index (χ2n) is 5.29. The first kappa shape index (κ1) is 15.5. The predicted molar refractivity (Wildman–Crippen MR) is 79.4 cm³/mol. The summed E-state index contributed by atoms with van der Waals surface area (Å²) in [6, 6.07) is 5.20. The van der Waals surface area contributed by atoms with Crippen molar-refractivity contribution in [2.75, 3.05) is 11.4 Å². The quantitative estimate of drug-likeness (QED) is 0.819. The number of benzene rings is 1. The Morgan fingerprint density at radius 2 is 2.05 bits per heavy atom. The summed E-state index contributed by atoms with van der Waals surface area (Å²) in [4.78, 5) is 25.7. The van der Waals surface area contributed by atoms with E-state index in [1.165, 1.54) is 29.2 Å². The number of carbonyl (C=O) groups is 2. The molecule has 0 radical (unpaired) electrons. The van der Waals surface area contributed by atoms with Gasteiger partial charge in [-0.3, -0.25) is 14.5 Å². The molecule has 1 aromatic rings. The number of rotatable bonds is 6. The maximum absolute atomic E-state index is 13.0. The summed E-state index contributed by atoms with van der Waals surface area (Å²) in [5.41, 5.74) is 0.576. The summed E-state index contributed by atoms with van der Waals surface area (Å²) < 4.78 is 13.0. The van der Waals surface area contributed by atoms with Crippen LogP contribution in [-0.2, 0) is 9.59 Å². The molecule has 21 heavy (non-hydrogen) atoms. The van der Waals surface area contributed by atoms with Gasteiger partial charge in [-0.2, -0.15) is 0 Å². The molecule has 1 unspecified atom stereocenters. The van der Waals surface area contributed by atoms with Gasteiger partial charge in [0.05, 0.1) is 0 Å². The molecular weight excluding hydrogens is 271 g/mol. The number of amides is 2. The lowest BCUT2D eigenvalue weighted by molar-refractivity contribution is -0.123. The van der Waals surface area contributed by atoms with E-state index >= 15 is 0 Å². The largest absolute Gasteiger partial charge is 0.354 e. The fraction of sp³-hybridized carbons (Fsp3) is 0.500. The molecule has 1 saturated heterocycles. The van der Waals surface area contributed by atoms with Gasteiger partial charge in [-0.1, -0.05) is 19.8 Å². The standard InChI is InChI=1S/C16H21FN2O2/c1-2-3-4-11-18-16(21)14-9-10-15(20)19(14)13-7-5-12(17)6-8-13/h5-8,14H,2-4,9-11H2,1H3,(H,18,21). The van der Waals surface area contributed by atoms with Crippen LogP contribution in [0.25, 0.3) is 0 Å². The number of nitrogens with one attached hydrogen (secondary N) is 1. The summed E-state index contributed by atoms with van der Waals surface area (Å²) in [7, 11) is 0. The van der Waals surface area contributed by atoms with Crippen LogP contribution < -0.4 is 10.2 Å². The summed E-state index contributed by atoms with van der Waals surface area (Å²) >= 11 is 0. The third kappa shape index (κ3) is 3.80. The molecule has 0 aliphatic carbocycles. The van der Waals surface area contributed by atoms with Crippen molar-refractivity contribution in [3.8, 4) is 0 Å².